The molecular formula is C22H15BrCl3F3N2O3S. The maximum atomic E-state index is 13.3. The minimum atomic E-state index is -4.74. The van der Waals surface area contributed by atoms with Crippen LogP contribution in [0.5, 0.6) is 0 Å². The van der Waals surface area contributed by atoms with Crippen LogP contribution >= 0.6 is 50.7 Å². The predicted octanol–water partition coefficient (Wildman–Crippen LogP) is 7.26. The molecule has 0 spiro atoms. The van der Waals surface area contributed by atoms with E-state index in [0.717, 1.165) is 10.4 Å². The monoisotopic (exact) mass is 628 g/mol. The van der Waals surface area contributed by atoms with Crippen LogP contribution in [0.25, 0.3) is 0 Å². The largest absolute Gasteiger partial charge is 0.417 e. The molecule has 3 aromatic carbocycles. The van der Waals surface area contributed by atoms with E-state index < -0.39 is 39.2 Å². The van der Waals surface area contributed by atoms with Gasteiger partial charge in [-0.25, -0.2) is 8.42 Å². The van der Waals surface area contributed by atoms with Crippen molar-refractivity contribution in [2.45, 2.75) is 17.6 Å². The lowest BCUT2D eigenvalue weighted by Crippen LogP contribution is -2.37. The molecule has 35 heavy (non-hydrogen) atoms. The van der Waals surface area contributed by atoms with Crippen LogP contribution in [0.4, 0.5) is 18.9 Å². The number of hydrogen-bond donors (Lipinski definition) is 1. The first kappa shape index (κ1) is 27.8. The van der Waals surface area contributed by atoms with Gasteiger partial charge in [0.1, 0.15) is 0 Å². The Morgan fingerprint density at radius 3 is 2.20 bits per heavy atom. The number of benzene rings is 3. The molecule has 0 saturated carbocycles. The average Bonchev–Trinajstić information content (AvgIpc) is 2.76. The highest BCUT2D eigenvalue weighted by molar-refractivity contribution is 9.10. The zero-order valence-corrected chi connectivity index (χ0v) is 22.1. The topological polar surface area (TPSA) is 66.5 Å². The van der Waals surface area contributed by atoms with Crippen LogP contribution in [-0.4, -0.2) is 25.2 Å². The van der Waals surface area contributed by atoms with Crippen molar-refractivity contribution in [3.63, 3.8) is 0 Å². The fraction of sp³-hybridized carbons (Fsp3) is 0.136. The summed E-state index contributed by atoms with van der Waals surface area (Å²) < 4.78 is 67.6. The fourth-order valence-electron chi connectivity index (χ4n) is 3.00. The number of alkyl halides is 3. The van der Waals surface area contributed by atoms with E-state index in [9.17, 15) is 26.4 Å². The number of rotatable bonds is 7. The van der Waals surface area contributed by atoms with E-state index in [2.05, 4.69) is 21.2 Å². The van der Waals surface area contributed by atoms with E-state index in [0.29, 0.717) is 21.1 Å². The Morgan fingerprint density at radius 1 is 0.943 bits per heavy atom. The van der Waals surface area contributed by atoms with Gasteiger partial charge >= 0.3 is 6.18 Å². The lowest BCUT2D eigenvalue weighted by Gasteiger charge is -2.23. The summed E-state index contributed by atoms with van der Waals surface area (Å²) in [7, 11) is -4.21. The van der Waals surface area contributed by atoms with Gasteiger partial charge in [-0.05, 0) is 60.2 Å². The molecule has 0 aliphatic heterocycles. The maximum Gasteiger partial charge on any atom is 0.417 e. The maximum absolute atomic E-state index is 13.3. The third-order valence-electron chi connectivity index (χ3n) is 4.69. The number of halogens is 7. The van der Waals surface area contributed by atoms with Crippen molar-refractivity contribution in [3.05, 3.63) is 91.3 Å². The van der Waals surface area contributed by atoms with Crippen molar-refractivity contribution in [1.29, 1.82) is 0 Å². The Labute approximate surface area is 223 Å². The molecule has 5 nitrogen and oxygen atoms in total. The minimum Gasteiger partial charge on any atom is -0.325 e. The lowest BCUT2D eigenvalue weighted by atomic mass is 10.2. The molecule has 0 saturated heterocycles. The molecule has 0 bridgehead atoms. The molecule has 0 aromatic heterocycles. The van der Waals surface area contributed by atoms with E-state index in [1.165, 1.54) is 48.5 Å². The predicted molar refractivity (Wildman–Crippen MR) is 133 cm³/mol. The standard InChI is InChI=1S/C22H15BrCl3F3N2O3S/c23-14-2-6-17(7-3-14)35(33,34)31(11-13-1-4-15(24)9-20(13)26)12-21(32)30-16-5-8-19(25)18(10-16)22(27,28)29/h1-10H,11-12H2,(H,30,32). The second-order valence-corrected chi connectivity index (χ2v) is 11.3. The Balaban J connectivity index is 1.92. The van der Waals surface area contributed by atoms with Crippen LogP contribution in [-0.2, 0) is 27.5 Å². The smallest absolute Gasteiger partial charge is 0.325 e. The van der Waals surface area contributed by atoms with Crippen molar-refractivity contribution < 1.29 is 26.4 Å². The van der Waals surface area contributed by atoms with Gasteiger partial charge in [0.05, 0.1) is 22.0 Å². The van der Waals surface area contributed by atoms with Gasteiger partial charge in [-0.1, -0.05) is 56.8 Å². The summed E-state index contributed by atoms with van der Waals surface area (Å²) in [5.41, 5.74) is -0.961. The van der Waals surface area contributed by atoms with Crippen LogP contribution in [0.1, 0.15) is 11.1 Å². The van der Waals surface area contributed by atoms with Crippen molar-refractivity contribution in [1.82, 2.24) is 4.31 Å². The van der Waals surface area contributed by atoms with Crippen molar-refractivity contribution >= 4 is 72.4 Å². The van der Waals surface area contributed by atoms with E-state index in [1.54, 1.807) is 0 Å². The van der Waals surface area contributed by atoms with Crippen molar-refractivity contribution in [3.8, 4) is 0 Å². The van der Waals surface area contributed by atoms with E-state index in [4.69, 9.17) is 34.8 Å². The first-order valence-electron chi connectivity index (χ1n) is 9.63. The lowest BCUT2D eigenvalue weighted by molar-refractivity contribution is -0.137. The molecule has 1 amide bonds. The average molecular weight is 631 g/mol. The molecule has 0 aliphatic carbocycles. The van der Waals surface area contributed by atoms with E-state index in [-0.39, 0.29) is 22.2 Å². The fourth-order valence-corrected chi connectivity index (χ4v) is 5.33. The van der Waals surface area contributed by atoms with Crippen LogP contribution in [0, 0.1) is 0 Å². The summed E-state index contributed by atoms with van der Waals surface area (Å²) in [5.74, 6) is -0.869. The zero-order valence-electron chi connectivity index (χ0n) is 17.4. The number of carbonyl (C=O) groups is 1. The van der Waals surface area contributed by atoms with Gasteiger partial charge in [-0.2, -0.15) is 17.5 Å². The molecule has 3 aromatic rings. The van der Waals surface area contributed by atoms with Gasteiger partial charge in [0.15, 0.2) is 0 Å². The number of carbonyl (C=O) groups excluding carboxylic acids is 1. The first-order chi connectivity index (χ1) is 16.3. The summed E-state index contributed by atoms with van der Waals surface area (Å²) in [6.45, 7) is -1.00. The molecule has 0 fully saturated rings. The van der Waals surface area contributed by atoms with Crippen LogP contribution in [0.15, 0.2) is 70.0 Å². The van der Waals surface area contributed by atoms with E-state index >= 15 is 0 Å². The summed E-state index contributed by atoms with van der Waals surface area (Å²) in [5, 5.41) is 2.27. The quantitative estimate of drug-likeness (QED) is 0.299. The molecular weight excluding hydrogens is 616 g/mol. The molecule has 186 valence electrons. The molecule has 1 N–H and O–H groups in total. The molecule has 0 atom stereocenters. The summed E-state index contributed by atoms with van der Waals surface area (Å²) in [6.07, 6.45) is -4.74. The van der Waals surface area contributed by atoms with Gasteiger partial charge in [0, 0.05) is 26.8 Å². The molecule has 13 heteroatoms. The Hall–Kier alpha value is -1.82. The zero-order chi connectivity index (χ0) is 26.0. The van der Waals surface area contributed by atoms with Gasteiger partial charge in [-0.15, -0.1) is 0 Å². The molecule has 0 radical (unpaired) electrons. The summed E-state index contributed by atoms with van der Waals surface area (Å²) >= 11 is 21.0. The second kappa shape index (κ2) is 11.1. The molecule has 0 aliphatic rings. The van der Waals surface area contributed by atoms with E-state index in [1.807, 2.05) is 0 Å². The van der Waals surface area contributed by atoms with Crippen LogP contribution in [0.2, 0.25) is 15.1 Å². The number of amides is 1. The summed E-state index contributed by atoms with van der Waals surface area (Å²) in [6, 6.07) is 13.0. The van der Waals surface area contributed by atoms with Gasteiger partial charge < -0.3 is 5.32 Å². The number of anilines is 1. The highest BCUT2D eigenvalue weighted by Gasteiger charge is 2.34. The third kappa shape index (κ3) is 7.12. The van der Waals surface area contributed by atoms with Crippen LogP contribution in [0.3, 0.4) is 0 Å². The highest BCUT2D eigenvalue weighted by atomic mass is 79.9. The normalized spacial score (nSPS) is 12.1. The molecule has 0 unspecified atom stereocenters. The minimum absolute atomic E-state index is 0.0931. The Kier molecular flexibility index (Phi) is 8.77. The van der Waals surface area contributed by atoms with Gasteiger partial charge in [0.2, 0.25) is 15.9 Å². The third-order valence-corrected chi connectivity index (χ3v) is 7.94. The highest BCUT2D eigenvalue weighted by Crippen LogP contribution is 2.36. The van der Waals surface area contributed by atoms with Gasteiger partial charge in [0.25, 0.3) is 0 Å². The second-order valence-electron chi connectivity index (χ2n) is 7.20. The SMILES string of the molecule is O=C(CN(Cc1ccc(Cl)cc1Cl)S(=O)(=O)c1ccc(Br)cc1)Nc1ccc(Cl)c(C(F)(F)F)c1. The van der Waals surface area contributed by atoms with Gasteiger partial charge in [-0.3, -0.25) is 4.79 Å². The molecule has 0 heterocycles. The number of sulfonamides is 1. The number of nitrogens with one attached hydrogen (secondary N) is 1. The Morgan fingerprint density at radius 2 is 1.60 bits per heavy atom. The number of nitrogens with zero attached hydrogens (tertiary/aromatic N) is 1. The Bertz CT molecular complexity index is 1350. The van der Waals surface area contributed by atoms with Crippen LogP contribution < -0.4 is 5.32 Å². The van der Waals surface area contributed by atoms with Crippen molar-refractivity contribution in [2.75, 3.05) is 11.9 Å². The first-order valence-corrected chi connectivity index (χ1v) is 13.0. The number of hydrogen-bond acceptors (Lipinski definition) is 3. The summed E-state index contributed by atoms with van der Waals surface area (Å²) in [4.78, 5) is 12.6. The molecule has 3 rings (SSSR count). The van der Waals surface area contributed by atoms with Crippen molar-refractivity contribution in [2.24, 2.45) is 0 Å².